The molecule has 2 heteroatoms. The summed E-state index contributed by atoms with van der Waals surface area (Å²) in [4.78, 5) is 0. The molecule has 1 aromatic rings. The minimum absolute atomic E-state index is 0.338. The molecule has 3 atom stereocenters. The maximum Gasteiger partial charge on any atom is 0.119 e. The molecule has 0 amide bonds. The van der Waals surface area contributed by atoms with E-state index in [0.29, 0.717) is 16.9 Å². The highest BCUT2D eigenvalue weighted by Crippen LogP contribution is 2.66. The summed E-state index contributed by atoms with van der Waals surface area (Å²) in [5.74, 6) is 1.84. The second-order valence-electron chi connectivity index (χ2n) is 6.67. The van der Waals surface area contributed by atoms with Crippen LogP contribution in [0.15, 0.2) is 28.7 Å². The molecule has 0 saturated heterocycles. The summed E-state index contributed by atoms with van der Waals surface area (Å²) in [5, 5.41) is 0. The number of hydrogen-bond acceptors (Lipinski definition) is 1. The molecule has 18 heavy (non-hydrogen) atoms. The molecule has 3 unspecified atom stereocenters. The van der Waals surface area contributed by atoms with Crippen molar-refractivity contribution >= 4 is 15.9 Å². The molecule has 0 radical (unpaired) electrons. The van der Waals surface area contributed by atoms with Crippen LogP contribution in [0.1, 0.15) is 40.0 Å². The zero-order valence-corrected chi connectivity index (χ0v) is 13.0. The van der Waals surface area contributed by atoms with Crippen LogP contribution >= 0.6 is 15.9 Å². The van der Waals surface area contributed by atoms with Gasteiger partial charge in [-0.05, 0) is 54.9 Å². The van der Waals surface area contributed by atoms with Gasteiger partial charge in [0.15, 0.2) is 0 Å². The second-order valence-corrected chi connectivity index (χ2v) is 7.59. The summed E-state index contributed by atoms with van der Waals surface area (Å²) in [6.45, 7) is 7.27. The maximum atomic E-state index is 6.28. The van der Waals surface area contributed by atoms with E-state index in [2.05, 4.69) is 61.0 Å². The lowest BCUT2D eigenvalue weighted by atomic mass is 9.70. The molecule has 98 valence electrons. The van der Waals surface area contributed by atoms with E-state index in [4.69, 9.17) is 4.74 Å². The van der Waals surface area contributed by atoms with E-state index < -0.39 is 0 Å². The van der Waals surface area contributed by atoms with E-state index in [1.54, 1.807) is 0 Å². The average molecular weight is 309 g/mol. The highest BCUT2D eigenvalue weighted by atomic mass is 79.9. The summed E-state index contributed by atoms with van der Waals surface area (Å²) in [6.07, 6.45) is 4.29. The van der Waals surface area contributed by atoms with Crippen LogP contribution in [0.4, 0.5) is 0 Å². The van der Waals surface area contributed by atoms with Crippen LogP contribution in [0.5, 0.6) is 5.75 Å². The van der Waals surface area contributed by atoms with E-state index >= 15 is 0 Å². The van der Waals surface area contributed by atoms with E-state index in [9.17, 15) is 0 Å². The van der Waals surface area contributed by atoms with Crippen LogP contribution in [0.2, 0.25) is 0 Å². The molecule has 2 bridgehead atoms. The molecule has 2 saturated carbocycles. The average Bonchev–Trinajstić information content (AvgIpc) is 2.65. The number of hydrogen-bond donors (Lipinski definition) is 0. The van der Waals surface area contributed by atoms with Gasteiger partial charge in [-0.3, -0.25) is 0 Å². The van der Waals surface area contributed by atoms with Crippen molar-refractivity contribution in [3.8, 4) is 5.75 Å². The third kappa shape index (κ3) is 1.65. The third-order valence-electron chi connectivity index (χ3n) is 5.81. The molecular formula is C16H21BrO. The molecule has 2 aliphatic rings. The van der Waals surface area contributed by atoms with Crippen molar-refractivity contribution in [3.05, 3.63) is 28.7 Å². The molecule has 3 rings (SSSR count). The van der Waals surface area contributed by atoms with E-state index in [-0.39, 0.29) is 0 Å². The first kappa shape index (κ1) is 12.5. The fraction of sp³-hybridized carbons (Fsp3) is 0.625. The highest BCUT2D eigenvalue weighted by molar-refractivity contribution is 9.10. The normalized spacial score (nSPS) is 36.9. The van der Waals surface area contributed by atoms with Crippen LogP contribution in [0, 0.1) is 16.7 Å². The van der Waals surface area contributed by atoms with Crippen molar-refractivity contribution in [1.29, 1.82) is 0 Å². The van der Waals surface area contributed by atoms with Gasteiger partial charge in [0, 0.05) is 9.89 Å². The number of fused-ring (bicyclic) bond motifs is 2. The molecule has 0 heterocycles. The Bertz CT molecular complexity index is 451. The Hall–Kier alpha value is -0.500. The molecule has 0 aliphatic heterocycles. The van der Waals surface area contributed by atoms with Crippen molar-refractivity contribution in [2.45, 2.75) is 46.1 Å². The lowest BCUT2D eigenvalue weighted by Crippen LogP contribution is -2.38. The summed E-state index contributed by atoms with van der Waals surface area (Å²) >= 11 is 3.46. The molecule has 1 nitrogen and oxygen atoms in total. The Morgan fingerprint density at radius 3 is 2.33 bits per heavy atom. The molecule has 0 N–H and O–H groups in total. The van der Waals surface area contributed by atoms with Crippen LogP contribution in [-0.2, 0) is 0 Å². The molecule has 1 aromatic carbocycles. The molecule has 2 aliphatic carbocycles. The number of rotatable bonds is 2. The number of benzene rings is 1. The molecule has 2 fully saturated rings. The first-order valence-corrected chi connectivity index (χ1v) is 7.65. The van der Waals surface area contributed by atoms with Gasteiger partial charge in [0.2, 0.25) is 0 Å². The SMILES string of the molecule is CC1(C)C2CCC1(C)C(Oc1ccc(Br)cc1)C2. The third-order valence-corrected chi connectivity index (χ3v) is 6.33. The number of halogens is 1. The standard InChI is InChI=1S/C16H21BrO/c1-15(2)11-8-9-16(15,3)14(10-11)18-13-6-4-12(17)5-7-13/h4-7,11,14H,8-10H2,1-3H3. The Kier molecular flexibility index (Phi) is 2.78. The molecule has 0 aromatic heterocycles. The monoisotopic (exact) mass is 308 g/mol. The quantitative estimate of drug-likeness (QED) is 0.743. The van der Waals surface area contributed by atoms with Crippen LogP contribution in [0.3, 0.4) is 0 Å². The Morgan fingerprint density at radius 1 is 1.17 bits per heavy atom. The minimum Gasteiger partial charge on any atom is -0.490 e. The number of ether oxygens (including phenoxy) is 1. The Labute approximate surface area is 118 Å². The van der Waals surface area contributed by atoms with E-state index in [1.165, 1.54) is 19.3 Å². The van der Waals surface area contributed by atoms with E-state index in [0.717, 1.165) is 16.1 Å². The van der Waals surface area contributed by atoms with Gasteiger partial charge >= 0.3 is 0 Å². The summed E-state index contributed by atoms with van der Waals surface area (Å²) in [7, 11) is 0. The summed E-state index contributed by atoms with van der Waals surface area (Å²) in [6, 6.07) is 8.23. The van der Waals surface area contributed by atoms with Crippen LogP contribution in [-0.4, -0.2) is 6.10 Å². The molecular weight excluding hydrogens is 288 g/mol. The lowest BCUT2D eigenvalue weighted by molar-refractivity contribution is 0.0302. The van der Waals surface area contributed by atoms with Gasteiger partial charge in [-0.2, -0.15) is 0 Å². The van der Waals surface area contributed by atoms with Crippen molar-refractivity contribution in [2.75, 3.05) is 0 Å². The van der Waals surface area contributed by atoms with E-state index in [1.807, 2.05) is 0 Å². The smallest absolute Gasteiger partial charge is 0.119 e. The van der Waals surface area contributed by atoms with Crippen LogP contribution < -0.4 is 4.74 Å². The minimum atomic E-state index is 0.338. The Morgan fingerprint density at radius 2 is 1.83 bits per heavy atom. The van der Waals surface area contributed by atoms with Gasteiger partial charge in [-0.1, -0.05) is 36.7 Å². The van der Waals surface area contributed by atoms with Gasteiger partial charge in [-0.25, -0.2) is 0 Å². The molecule has 0 spiro atoms. The predicted molar refractivity (Wildman–Crippen MR) is 77.8 cm³/mol. The van der Waals surface area contributed by atoms with Gasteiger partial charge in [0.1, 0.15) is 11.9 Å². The lowest BCUT2D eigenvalue weighted by Gasteiger charge is -2.38. The van der Waals surface area contributed by atoms with Crippen LogP contribution in [0.25, 0.3) is 0 Å². The van der Waals surface area contributed by atoms with Crippen molar-refractivity contribution in [3.63, 3.8) is 0 Å². The summed E-state index contributed by atoms with van der Waals surface area (Å²) < 4.78 is 7.39. The topological polar surface area (TPSA) is 9.23 Å². The largest absolute Gasteiger partial charge is 0.490 e. The highest BCUT2D eigenvalue weighted by Gasteiger charge is 2.62. The van der Waals surface area contributed by atoms with Gasteiger partial charge in [-0.15, -0.1) is 0 Å². The van der Waals surface area contributed by atoms with Crippen molar-refractivity contribution in [2.24, 2.45) is 16.7 Å². The van der Waals surface area contributed by atoms with Crippen molar-refractivity contribution in [1.82, 2.24) is 0 Å². The first-order chi connectivity index (χ1) is 8.43. The zero-order valence-electron chi connectivity index (χ0n) is 11.4. The zero-order chi connectivity index (χ0) is 13.0. The van der Waals surface area contributed by atoms with Gasteiger partial charge in [0.25, 0.3) is 0 Å². The van der Waals surface area contributed by atoms with Crippen molar-refractivity contribution < 1.29 is 4.74 Å². The second kappa shape index (κ2) is 4.00. The summed E-state index contributed by atoms with van der Waals surface area (Å²) in [5.41, 5.74) is 0.762. The van der Waals surface area contributed by atoms with Gasteiger partial charge < -0.3 is 4.74 Å². The maximum absolute atomic E-state index is 6.28. The van der Waals surface area contributed by atoms with Gasteiger partial charge in [0.05, 0.1) is 0 Å². The predicted octanol–water partition coefficient (Wildman–Crippen LogP) is 5.04. The first-order valence-electron chi connectivity index (χ1n) is 6.86. The Balaban J connectivity index is 1.81. The fourth-order valence-corrected chi connectivity index (χ4v) is 4.25. The fourth-order valence-electron chi connectivity index (χ4n) is 3.99.